The van der Waals surface area contributed by atoms with Crippen molar-refractivity contribution in [2.75, 3.05) is 13.2 Å². The number of carbonyl (C=O) groups excluding carboxylic acids is 1. The summed E-state index contributed by atoms with van der Waals surface area (Å²) >= 11 is 0. The van der Waals surface area contributed by atoms with Gasteiger partial charge in [0.2, 0.25) is 5.91 Å². The molecule has 1 amide bonds. The third kappa shape index (κ3) is 4.20. The highest BCUT2D eigenvalue weighted by molar-refractivity contribution is 5.77. The van der Waals surface area contributed by atoms with E-state index >= 15 is 0 Å². The van der Waals surface area contributed by atoms with Gasteiger partial charge < -0.3 is 20.9 Å². The monoisotopic (exact) mass is 202 g/mol. The molecule has 0 saturated carbocycles. The molecule has 1 aliphatic rings. The first-order valence-electron chi connectivity index (χ1n) is 4.45. The summed E-state index contributed by atoms with van der Waals surface area (Å²) in [7, 11) is 0. The van der Waals surface area contributed by atoms with Crippen LogP contribution in [0.25, 0.3) is 0 Å². The quantitative estimate of drug-likeness (QED) is 0.445. The number of hydrogen-bond acceptors (Lipinski definition) is 4. The third-order valence-corrected chi connectivity index (χ3v) is 1.97. The molecule has 0 radical (unpaired) electrons. The molecule has 1 aliphatic heterocycles. The highest BCUT2D eigenvalue weighted by Gasteiger charge is 2.25. The van der Waals surface area contributed by atoms with E-state index < -0.39 is 17.9 Å². The van der Waals surface area contributed by atoms with Crippen molar-refractivity contribution in [1.82, 2.24) is 5.32 Å². The first-order chi connectivity index (χ1) is 6.59. The normalized spacial score (nSPS) is 21.6. The van der Waals surface area contributed by atoms with Gasteiger partial charge in [0.15, 0.2) is 0 Å². The predicted octanol–water partition coefficient (Wildman–Crippen LogP) is -1.31. The summed E-state index contributed by atoms with van der Waals surface area (Å²) in [5.41, 5.74) is 4.92. The lowest BCUT2D eigenvalue weighted by Gasteiger charge is -2.12. The molecule has 1 unspecified atom stereocenters. The Bertz CT molecular complexity index is 227. The molecule has 14 heavy (non-hydrogen) atoms. The maximum absolute atomic E-state index is 10.7. The van der Waals surface area contributed by atoms with Crippen LogP contribution in [-0.4, -0.2) is 42.3 Å². The molecule has 1 heterocycles. The van der Waals surface area contributed by atoms with Crippen LogP contribution in [0.1, 0.15) is 12.8 Å². The van der Waals surface area contributed by atoms with Crippen LogP contribution < -0.4 is 11.1 Å². The number of primary amides is 1. The van der Waals surface area contributed by atoms with E-state index in [1.807, 2.05) is 0 Å². The minimum absolute atomic E-state index is 0.0789. The lowest BCUT2D eigenvalue weighted by atomic mass is 10.1. The van der Waals surface area contributed by atoms with E-state index in [0.717, 1.165) is 0 Å². The second-order valence-electron chi connectivity index (χ2n) is 3.26. The van der Waals surface area contributed by atoms with Gasteiger partial charge in [-0.2, -0.15) is 0 Å². The molecule has 1 fully saturated rings. The average molecular weight is 202 g/mol. The van der Waals surface area contributed by atoms with Crippen molar-refractivity contribution in [3.63, 3.8) is 0 Å². The van der Waals surface area contributed by atoms with E-state index in [9.17, 15) is 9.59 Å². The Balaban J connectivity index is 2.22. The minimum atomic E-state index is -0.966. The van der Waals surface area contributed by atoms with Crippen molar-refractivity contribution >= 4 is 11.9 Å². The zero-order valence-corrected chi connectivity index (χ0v) is 7.73. The van der Waals surface area contributed by atoms with Gasteiger partial charge in [-0.05, 0) is 6.42 Å². The van der Waals surface area contributed by atoms with Gasteiger partial charge in [0, 0.05) is 13.0 Å². The van der Waals surface area contributed by atoms with Crippen LogP contribution in [0.2, 0.25) is 0 Å². The SMILES string of the molecule is NC(=O)CC[C@H](NCC1CO1)C(=O)O. The number of nitrogens with one attached hydrogen (secondary N) is 1. The van der Waals surface area contributed by atoms with Gasteiger partial charge in [-0.3, -0.25) is 9.59 Å². The van der Waals surface area contributed by atoms with Crippen molar-refractivity contribution < 1.29 is 19.4 Å². The lowest BCUT2D eigenvalue weighted by Crippen LogP contribution is -2.39. The molecule has 0 aromatic heterocycles. The van der Waals surface area contributed by atoms with Crippen LogP contribution in [-0.2, 0) is 14.3 Å². The second kappa shape index (κ2) is 4.92. The fraction of sp³-hybridized carbons (Fsp3) is 0.750. The lowest BCUT2D eigenvalue weighted by molar-refractivity contribution is -0.139. The molecule has 0 bridgehead atoms. The van der Waals surface area contributed by atoms with E-state index in [4.69, 9.17) is 15.6 Å². The molecule has 1 rings (SSSR count). The third-order valence-electron chi connectivity index (χ3n) is 1.97. The molecule has 1 saturated heterocycles. The Kier molecular flexibility index (Phi) is 3.84. The van der Waals surface area contributed by atoms with Gasteiger partial charge >= 0.3 is 5.97 Å². The van der Waals surface area contributed by atoms with Crippen molar-refractivity contribution in [3.05, 3.63) is 0 Å². The maximum atomic E-state index is 10.7. The Labute approximate surface area is 81.4 Å². The summed E-state index contributed by atoms with van der Waals surface area (Å²) in [6, 6.07) is -0.716. The number of nitrogens with two attached hydrogens (primary N) is 1. The summed E-state index contributed by atoms with van der Waals surface area (Å²) in [5.74, 6) is -1.45. The van der Waals surface area contributed by atoms with E-state index in [1.165, 1.54) is 0 Å². The van der Waals surface area contributed by atoms with Gasteiger partial charge in [0.1, 0.15) is 6.04 Å². The van der Waals surface area contributed by atoms with E-state index in [1.54, 1.807) is 0 Å². The molecular weight excluding hydrogens is 188 g/mol. The topological polar surface area (TPSA) is 105 Å². The average Bonchev–Trinajstić information content (AvgIpc) is 2.86. The van der Waals surface area contributed by atoms with Crippen molar-refractivity contribution in [3.8, 4) is 0 Å². The molecule has 0 aliphatic carbocycles. The first kappa shape index (κ1) is 10.9. The number of ether oxygens (including phenoxy) is 1. The number of aliphatic carboxylic acids is 1. The molecule has 6 nitrogen and oxygen atoms in total. The highest BCUT2D eigenvalue weighted by Crippen LogP contribution is 2.07. The summed E-state index contributed by atoms with van der Waals surface area (Å²) < 4.78 is 4.92. The van der Waals surface area contributed by atoms with Gasteiger partial charge in [-0.15, -0.1) is 0 Å². The number of carboxylic acids is 1. The van der Waals surface area contributed by atoms with Gasteiger partial charge in [-0.25, -0.2) is 0 Å². The Hall–Kier alpha value is -1.14. The summed E-state index contributed by atoms with van der Waals surface area (Å²) in [6.07, 6.45) is 0.429. The molecule has 2 atom stereocenters. The predicted molar refractivity (Wildman–Crippen MR) is 47.6 cm³/mol. The number of hydrogen-bond donors (Lipinski definition) is 3. The maximum Gasteiger partial charge on any atom is 0.320 e. The standard InChI is InChI=1S/C8H14N2O4/c9-7(11)2-1-6(8(12)13)10-3-5-4-14-5/h5-6,10H,1-4H2,(H2,9,11)(H,12,13)/t5?,6-/m0/s1. The van der Waals surface area contributed by atoms with Crippen LogP contribution >= 0.6 is 0 Å². The molecular formula is C8H14N2O4. The van der Waals surface area contributed by atoms with Crippen molar-refractivity contribution in [1.29, 1.82) is 0 Å². The summed E-state index contributed by atoms with van der Waals surface area (Å²) in [4.78, 5) is 21.1. The molecule has 0 aromatic rings. The van der Waals surface area contributed by atoms with Gasteiger partial charge in [0.25, 0.3) is 0 Å². The van der Waals surface area contributed by atoms with Gasteiger partial charge in [0.05, 0.1) is 12.7 Å². The number of amides is 1. The molecule has 6 heteroatoms. The molecule has 0 aromatic carbocycles. The van der Waals surface area contributed by atoms with Crippen molar-refractivity contribution in [2.45, 2.75) is 25.0 Å². The van der Waals surface area contributed by atoms with Gasteiger partial charge in [-0.1, -0.05) is 0 Å². The Morgan fingerprint density at radius 2 is 2.29 bits per heavy atom. The number of epoxide rings is 1. The summed E-state index contributed by atoms with van der Waals surface area (Å²) in [5, 5.41) is 11.6. The Morgan fingerprint density at radius 1 is 1.64 bits per heavy atom. The minimum Gasteiger partial charge on any atom is -0.480 e. The van der Waals surface area contributed by atoms with Crippen LogP contribution in [0.4, 0.5) is 0 Å². The van der Waals surface area contributed by atoms with E-state index in [0.29, 0.717) is 13.2 Å². The highest BCUT2D eigenvalue weighted by atomic mass is 16.6. The number of rotatable bonds is 7. The molecule has 80 valence electrons. The van der Waals surface area contributed by atoms with Crippen LogP contribution in [0.15, 0.2) is 0 Å². The molecule has 0 spiro atoms. The first-order valence-corrected chi connectivity index (χ1v) is 4.45. The second-order valence-corrected chi connectivity index (χ2v) is 3.26. The van der Waals surface area contributed by atoms with Crippen molar-refractivity contribution in [2.24, 2.45) is 5.73 Å². The van der Waals surface area contributed by atoms with E-state index in [-0.39, 0.29) is 18.9 Å². The van der Waals surface area contributed by atoms with Crippen LogP contribution in [0.5, 0.6) is 0 Å². The number of carbonyl (C=O) groups is 2. The number of carboxylic acid groups (broad SMARTS) is 1. The smallest absolute Gasteiger partial charge is 0.320 e. The fourth-order valence-electron chi connectivity index (χ4n) is 1.06. The van der Waals surface area contributed by atoms with Crippen LogP contribution in [0, 0.1) is 0 Å². The Morgan fingerprint density at radius 3 is 2.71 bits per heavy atom. The zero-order valence-electron chi connectivity index (χ0n) is 7.73. The largest absolute Gasteiger partial charge is 0.480 e. The van der Waals surface area contributed by atoms with E-state index in [2.05, 4.69) is 5.32 Å². The zero-order chi connectivity index (χ0) is 10.6. The fourth-order valence-corrected chi connectivity index (χ4v) is 1.06. The van der Waals surface area contributed by atoms with Crippen LogP contribution in [0.3, 0.4) is 0 Å². The summed E-state index contributed by atoms with van der Waals surface area (Å²) in [6.45, 7) is 1.19. The molecule has 4 N–H and O–H groups in total.